The summed E-state index contributed by atoms with van der Waals surface area (Å²) in [6.07, 6.45) is -7.04. The monoisotopic (exact) mass is 761 g/mol. The Morgan fingerprint density at radius 1 is 0.964 bits per heavy atom. The molecule has 3 aliphatic carbocycles. The largest absolute Gasteiger partial charge is 0.456 e. The van der Waals surface area contributed by atoms with Crippen LogP contribution in [0, 0.1) is 28.1 Å². The van der Waals surface area contributed by atoms with Crippen LogP contribution in [-0.4, -0.2) is 87.5 Å². The van der Waals surface area contributed by atoms with E-state index >= 15 is 4.79 Å². The Bertz CT molecular complexity index is 1850. The van der Waals surface area contributed by atoms with Gasteiger partial charge in [-0.05, 0) is 75.3 Å². The maximum atomic E-state index is 15.3. The van der Waals surface area contributed by atoms with E-state index in [1.807, 2.05) is 13.8 Å². The normalized spacial score (nSPS) is 35.0. The lowest BCUT2D eigenvalue weighted by atomic mass is 9.40. The molecule has 11 atom stereocenters. The number of benzene rings is 2. The molecule has 4 aliphatic rings. The van der Waals surface area contributed by atoms with E-state index in [-0.39, 0.29) is 30.1 Å². The molecule has 12 nitrogen and oxygen atoms in total. The number of esters is 2. The topological polar surface area (TPSA) is 178 Å². The lowest BCUT2D eigenvalue weighted by molar-refractivity contribution is -0.302. The number of carbonyl (C=O) groups is 4. The van der Waals surface area contributed by atoms with E-state index < -0.39 is 93.6 Å². The Hall–Kier alpha value is -4.10. The van der Waals surface area contributed by atoms with Crippen LogP contribution in [0.25, 0.3) is 0 Å². The van der Waals surface area contributed by atoms with E-state index in [0.717, 1.165) is 0 Å². The number of alkyl carbamates (subject to hydrolysis) is 1. The fraction of sp³-hybridized carbons (Fsp3) is 0.581. The van der Waals surface area contributed by atoms with Gasteiger partial charge < -0.3 is 39.6 Å². The maximum Gasteiger partial charge on any atom is 0.408 e. The Morgan fingerprint density at radius 3 is 2.13 bits per heavy atom. The molecule has 2 aromatic carbocycles. The molecule has 0 radical (unpaired) electrons. The average Bonchev–Trinajstić information content (AvgIpc) is 3.12. The molecular weight excluding hydrogens is 706 g/mol. The Morgan fingerprint density at radius 2 is 1.56 bits per heavy atom. The van der Waals surface area contributed by atoms with Gasteiger partial charge in [0.05, 0.1) is 41.4 Å². The number of aliphatic hydroxyl groups is 3. The zero-order chi connectivity index (χ0) is 40.5. The minimum absolute atomic E-state index is 0.137. The van der Waals surface area contributed by atoms with Crippen LogP contribution < -0.4 is 5.32 Å². The molecule has 1 aliphatic heterocycles. The number of ketones is 1. The van der Waals surface area contributed by atoms with Crippen molar-refractivity contribution in [2.24, 2.45) is 28.1 Å². The van der Waals surface area contributed by atoms with Gasteiger partial charge in [-0.2, -0.15) is 0 Å². The SMILES string of the molecule is CC1=C2[C@@H](OC(=O)c3ccccc3)C(=O)[C@@]3(C)C(C(C)[C@](O)(C[C@@H]1OC(=O)[C@H](O)[C@@H](NC(=O)OC(C)(C)C)c1ccccc1)C2(C)C)[C@]1(C)CO[C@@H]1C[C@@H]3O. The smallest absolute Gasteiger partial charge is 0.408 e. The Balaban J connectivity index is 1.45. The number of fused-ring (bicyclic) bond motifs is 5. The molecule has 0 spiro atoms. The van der Waals surface area contributed by atoms with Crippen molar-refractivity contribution in [3.05, 3.63) is 82.9 Å². The first-order valence-corrected chi connectivity index (χ1v) is 19.0. The molecule has 0 aromatic heterocycles. The van der Waals surface area contributed by atoms with Crippen molar-refractivity contribution in [3.63, 3.8) is 0 Å². The summed E-state index contributed by atoms with van der Waals surface area (Å²) in [4.78, 5) is 56.2. The van der Waals surface area contributed by atoms with Crippen LogP contribution in [0.15, 0.2) is 71.8 Å². The van der Waals surface area contributed by atoms with Gasteiger partial charge in [-0.1, -0.05) is 76.2 Å². The van der Waals surface area contributed by atoms with Gasteiger partial charge in [0.1, 0.15) is 11.7 Å². The zero-order valence-corrected chi connectivity index (χ0v) is 33.1. The van der Waals surface area contributed by atoms with Gasteiger partial charge in [-0.15, -0.1) is 0 Å². The summed E-state index contributed by atoms with van der Waals surface area (Å²) in [5, 5.41) is 39.3. The van der Waals surface area contributed by atoms with E-state index in [1.54, 1.807) is 109 Å². The first kappa shape index (κ1) is 40.6. The van der Waals surface area contributed by atoms with Crippen LogP contribution in [0.4, 0.5) is 4.79 Å². The molecule has 2 aromatic rings. The molecule has 4 N–H and O–H groups in total. The van der Waals surface area contributed by atoms with Crippen LogP contribution in [-0.2, 0) is 28.5 Å². The van der Waals surface area contributed by atoms with Crippen molar-refractivity contribution in [3.8, 4) is 0 Å². The fourth-order valence-corrected chi connectivity index (χ4v) is 10.2. The van der Waals surface area contributed by atoms with Crippen LogP contribution in [0.2, 0.25) is 0 Å². The highest BCUT2D eigenvalue weighted by Gasteiger charge is 2.73. The average molecular weight is 762 g/mol. The van der Waals surface area contributed by atoms with Gasteiger partial charge in [-0.25, -0.2) is 14.4 Å². The highest BCUT2D eigenvalue weighted by molar-refractivity contribution is 5.97. The molecule has 6 rings (SSSR count). The number of carbonyl (C=O) groups excluding carboxylic acids is 4. The molecule has 2 bridgehead atoms. The second-order valence-electron chi connectivity index (χ2n) is 17.9. The number of ether oxygens (including phenoxy) is 4. The minimum atomic E-state index is -1.92. The molecular formula is C43H55NO11. The molecule has 12 heteroatoms. The predicted octanol–water partition coefficient (Wildman–Crippen LogP) is 5.24. The van der Waals surface area contributed by atoms with Gasteiger partial charge in [0.15, 0.2) is 18.0 Å². The molecule has 298 valence electrons. The van der Waals surface area contributed by atoms with E-state index in [9.17, 15) is 29.7 Å². The van der Waals surface area contributed by atoms with Crippen LogP contribution in [0.3, 0.4) is 0 Å². The minimum Gasteiger partial charge on any atom is -0.456 e. The lowest BCUT2D eigenvalue weighted by Gasteiger charge is -2.68. The predicted molar refractivity (Wildman–Crippen MR) is 200 cm³/mol. The van der Waals surface area contributed by atoms with Gasteiger partial charge >= 0.3 is 18.0 Å². The van der Waals surface area contributed by atoms with Gasteiger partial charge in [0, 0.05) is 23.7 Å². The molecule has 2 unspecified atom stereocenters. The number of Topliss-reactive ketones (excluding diaryl/α,β-unsaturated/α-hetero) is 1. The van der Waals surface area contributed by atoms with Crippen LogP contribution in [0.5, 0.6) is 0 Å². The first-order valence-electron chi connectivity index (χ1n) is 19.0. The van der Waals surface area contributed by atoms with Crippen molar-refractivity contribution in [2.45, 2.75) is 123 Å². The third-order valence-electron chi connectivity index (χ3n) is 13.1. The summed E-state index contributed by atoms with van der Waals surface area (Å²) in [6, 6.07) is 15.4. The Labute approximate surface area is 322 Å². The Kier molecular flexibility index (Phi) is 10.4. The summed E-state index contributed by atoms with van der Waals surface area (Å²) in [6.45, 7) is 16.2. The maximum absolute atomic E-state index is 15.3. The summed E-state index contributed by atoms with van der Waals surface area (Å²) in [5.41, 5.74) is -4.68. The molecule has 1 amide bonds. The first-order chi connectivity index (χ1) is 25.6. The molecule has 1 heterocycles. The van der Waals surface area contributed by atoms with E-state index in [2.05, 4.69) is 5.32 Å². The van der Waals surface area contributed by atoms with Gasteiger partial charge in [-0.3, -0.25) is 4.79 Å². The van der Waals surface area contributed by atoms with Crippen molar-refractivity contribution in [1.29, 1.82) is 0 Å². The van der Waals surface area contributed by atoms with E-state index in [4.69, 9.17) is 18.9 Å². The lowest BCUT2D eigenvalue weighted by Crippen LogP contribution is -2.75. The molecule has 3 fully saturated rings. The highest BCUT2D eigenvalue weighted by Crippen LogP contribution is 2.67. The number of aliphatic hydroxyl groups excluding tert-OH is 2. The highest BCUT2D eigenvalue weighted by atomic mass is 16.6. The van der Waals surface area contributed by atoms with Crippen molar-refractivity contribution < 1.29 is 53.4 Å². The van der Waals surface area contributed by atoms with Crippen molar-refractivity contribution >= 4 is 23.8 Å². The molecule has 55 heavy (non-hydrogen) atoms. The summed E-state index contributed by atoms with van der Waals surface area (Å²) < 4.78 is 23.7. The van der Waals surface area contributed by atoms with Crippen molar-refractivity contribution in [2.75, 3.05) is 6.61 Å². The number of nitrogens with one attached hydrogen (secondary N) is 1. The standard InChI is InChI=1S/C43H55NO11/c1-23-27(53-37(49)32(46)31(25-16-12-10-13-17-25)44-38(50)55-39(3,4)5)21-43(51)24(2)34-41(8)22-52-29(41)20-28(45)42(34,9)35(47)33(30(23)40(43,6)7)54-36(48)26-18-14-11-15-19-26/h10-19,24,27-29,31-34,45-46,51H,20-22H2,1-9H3,(H,44,50)/t24?,27-,28-,29+,31-,32+,33+,34?,41+,42+,43+/m0/s1. The second kappa shape index (κ2) is 14.1. The second-order valence-corrected chi connectivity index (χ2v) is 17.9. The fourth-order valence-electron chi connectivity index (χ4n) is 10.2. The summed E-state index contributed by atoms with van der Waals surface area (Å²) in [5.74, 6) is -3.73. The van der Waals surface area contributed by atoms with Crippen LogP contribution in [0.1, 0.15) is 97.1 Å². The van der Waals surface area contributed by atoms with Crippen LogP contribution >= 0.6 is 0 Å². The van der Waals surface area contributed by atoms with E-state index in [0.29, 0.717) is 17.7 Å². The quantitative estimate of drug-likeness (QED) is 0.165. The number of hydrogen-bond donors (Lipinski definition) is 4. The van der Waals surface area contributed by atoms with E-state index in [1.165, 1.54) is 0 Å². The third kappa shape index (κ3) is 6.68. The third-order valence-corrected chi connectivity index (χ3v) is 13.1. The molecule has 1 saturated heterocycles. The van der Waals surface area contributed by atoms with Gasteiger partial charge in [0.25, 0.3) is 0 Å². The summed E-state index contributed by atoms with van der Waals surface area (Å²) >= 11 is 0. The zero-order valence-electron chi connectivity index (χ0n) is 33.1. The molecule has 2 saturated carbocycles. The summed E-state index contributed by atoms with van der Waals surface area (Å²) in [7, 11) is 0. The number of rotatable bonds is 7. The number of amides is 1. The van der Waals surface area contributed by atoms with Gasteiger partial charge in [0.2, 0.25) is 0 Å². The number of hydrogen-bond acceptors (Lipinski definition) is 11. The van der Waals surface area contributed by atoms with Crippen molar-refractivity contribution in [1.82, 2.24) is 5.32 Å².